The quantitative estimate of drug-likeness (QED) is 0.642. The molecular formula is C17H28O. The third-order valence-corrected chi connectivity index (χ3v) is 4.81. The first kappa shape index (κ1) is 13.9. The molecule has 18 heavy (non-hydrogen) atoms. The fraction of sp³-hybridized carbons (Fsp3) is 0.765. The van der Waals surface area contributed by atoms with E-state index in [1.165, 1.54) is 17.6 Å². The van der Waals surface area contributed by atoms with Crippen LogP contribution >= 0.6 is 0 Å². The molecule has 2 unspecified atom stereocenters. The minimum absolute atomic E-state index is 0.0400. The van der Waals surface area contributed by atoms with E-state index in [2.05, 4.69) is 48.5 Å². The van der Waals surface area contributed by atoms with Gasteiger partial charge in [-0.25, -0.2) is 0 Å². The highest BCUT2D eigenvalue weighted by Crippen LogP contribution is 2.45. The molecule has 1 saturated heterocycles. The number of ether oxygens (including phenoxy) is 1. The first-order chi connectivity index (χ1) is 8.24. The Kier molecular flexibility index (Phi) is 3.48. The predicted molar refractivity (Wildman–Crippen MR) is 77.6 cm³/mol. The molecule has 1 heterocycles. The minimum atomic E-state index is 0.0400. The van der Waals surface area contributed by atoms with E-state index in [0.717, 1.165) is 6.42 Å². The topological polar surface area (TPSA) is 9.23 Å². The fourth-order valence-electron chi connectivity index (χ4n) is 3.69. The maximum atomic E-state index is 6.37. The van der Waals surface area contributed by atoms with E-state index in [9.17, 15) is 0 Å². The van der Waals surface area contributed by atoms with Gasteiger partial charge in [-0.1, -0.05) is 26.3 Å². The van der Waals surface area contributed by atoms with E-state index in [4.69, 9.17) is 4.74 Å². The van der Waals surface area contributed by atoms with Gasteiger partial charge in [0.25, 0.3) is 0 Å². The summed E-state index contributed by atoms with van der Waals surface area (Å²) in [6.07, 6.45) is 2.67. The Morgan fingerprint density at radius 3 is 2.39 bits per heavy atom. The van der Waals surface area contributed by atoms with Crippen LogP contribution in [-0.4, -0.2) is 11.7 Å². The highest BCUT2D eigenvalue weighted by atomic mass is 16.5. The first-order valence-electron chi connectivity index (χ1n) is 7.33. The second-order valence-corrected chi connectivity index (χ2v) is 6.99. The zero-order valence-electron chi connectivity index (χ0n) is 13.1. The lowest BCUT2D eigenvalue weighted by atomic mass is 9.72. The van der Waals surface area contributed by atoms with Crippen LogP contribution < -0.4 is 0 Å². The molecule has 1 aliphatic heterocycles. The van der Waals surface area contributed by atoms with Crippen LogP contribution in [0.3, 0.4) is 0 Å². The third kappa shape index (κ3) is 2.18. The molecule has 2 atom stereocenters. The molecule has 2 aliphatic rings. The molecule has 0 aromatic rings. The minimum Gasteiger partial charge on any atom is -0.367 e. The highest BCUT2D eigenvalue weighted by molar-refractivity contribution is 5.46. The Balaban J connectivity index is 2.44. The van der Waals surface area contributed by atoms with Crippen LogP contribution in [0.1, 0.15) is 61.3 Å². The van der Waals surface area contributed by atoms with Gasteiger partial charge >= 0.3 is 0 Å². The molecule has 1 aliphatic carbocycles. The Morgan fingerprint density at radius 2 is 1.83 bits per heavy atom. The van der Waals surface area contributed by atoms with Crippen LogP contribution in [0.2, 0.25) is 0 Å². The normalized spacial score (nSPS) is 32.0. The SMILES string of the molecule is CC1=C2CCC(C)(C)OC2C(C)C(C)=C1C(C)C. The largest absolute Gasteiger partial charge is 0.367 e. The summed E-state index contributed by atoms with van der Waals surface area (Å²) in [5.41, 5.74) is 6.24. The van der Waals surface area contributed by atoms with Crippen molar-refractivity contribution >= 4 is 0 Å². The molecule has 102 valence electrons. The van der Waals surface area contributed by atoms with Crippen molar-refractivity contribution in [3.8, 4) is 0 Å². The summed E-state index contributed by atoms with van der Waals surface area (Å²) in [4.78, 5) is 0. The lowest BCUT2D eigenvalue weighted by molar-refractivity contribution is -0.0957. The Hall–Kier alpha value is -0.560. The average molecular weight is 248 g/mol. The smallest absolute Gasteiger partial charge is 0.0860 e. The summed E-state index contributed by atoms with van der Waals surface area (Å²) in [5.74, 6) is 1.15. The molecule has 0 spiro atoms. The van der Waals surface area contributed by atoms with E-state index in [1.807, 2.05) is 0 Å². The number of rotatable bonds is 1. The molecule has 1 fully saturated rings. The molecule has 0 saturated carbocycles. The molecule has 0 amide bonds. The van der Waals surface area contributed by atoms with Gasteiger partial charge in [-0.3, -0.25) is 0 Å². The number of hydrogen-bond acceptors (Lipinski definition) is 1. The standard InChI is InChI=1S/C17H28O/c1-10(2)15-11(3)12(4)16-14(13(15)5)8-9-17(6,7)18-16/h10,12,16H,8-9H2,1-7H3. The molecule has 1 nitrogen and oxygen atoms in total. The maximum Gasteiger partial charge on any atom is 0.0860 e. The van der Waals surface area contributed by atoms with Gasteiger partial charge in [-0.05, 0) is 63.2 Å². The Morgan fingerprint density at radius 1 is 1.22 bits per heavy atom. The second-order valence-electron chi connectivity index (χ2n) is 6.99. The van der Waals surface area contributed by atoms with E-state index >= 15 is 0 Å². The number of hydrogen-bond donors (Lipinski definition) is 0. The second kappa shape index (κ2) is 4.52. The van der Waals surface area contributed by atoms with Gasteiger partial charge in [0.05, 0.1) is 11.7 Å². The summed E-state index contributed by atoms with van der Waals surface area (Å²) in [7, 11) is 0. The van der Waals surface area contributed by atoms with E-state index in [1.54, 1.807) is 11.1 Å². The molecule has 0 radical (unpaired) electrons. The molecule has 2 rings (SSSR count). The van der Waals surface area contributed by atoms with Crippen molar-refractivity contribution in [3.05, 3.63) is 22.3 Å². The van der Waals surface area contributed by atoms with Crippen molar-refractivity contribution in [1.29, 1.82) is 0 Å². The van der Waals surface area contributed by atoms with Crippen LogP contribution in [0.15, 0.2) is 22.3 Å². The van der Waals surface area contributed by atoms with E-state index in [0.29, 0.717) is 17.9 Å². The summed E-state index contributed by atoms with van der Waals surface area (Å²) < 4.78 is 6.37. The predicted octanol–water partition coefficient (Wildman–Crippen LogP) is 4.88. The average Bonchev–Trinajstić information content (AvgIpc) is 2.24. The lowest BCUT2D eigenvalue weighted by Crippen LogP contribution is -2.42. The molecule has 0 aromatic heterocycles. The first-order valence-corrected chi connectivity index (χ1v) is 7.33. The van der Waals surface area contributed by atoms with Crippen LogP contribution in [0.5, 0.6) is 0 Å². The Labute approximate surface area is 112 Å². The van der Waals surface area contributed by atoms with Gasteiger partial charge in [-0.2, -0.15) is 0 Å². The zero-order chi connectivity index (χ0) is 13.7. The third-order valence-electron chi connectivity index (χ3n) is 4.81. The lowest BCUT2D eigenvalue weighted by Gasteiger charge is -2.45. The van der Waals surface area contributed by atoms with Crippen molar-refractivity contribution in [1.82, 2.24) is 0 Å². The molecular weight excluding hydrogens is 220 g/mol. The molecule has 0 bridgehead atoms. The van der Waals surface area contributed by atoms with Gasteiger partial charge in [-0.15, -0.1) is 0 Å². The van der Waals surface area contributed by atoms with Crippen LogP contribution in [0.4, 0.5) is 0 Å². The van der Waals surface area contributed by atoms with Crippen LogP contribution in [-0.2, 0) is 4.74 Å². The van der Waals surface area contributed by atoms with E-state index in [-0.39, 0.29) is 5.60 Å². The van der Waals surface area contributed by atoms with Gasteiger partial charge in [0.2, 0.25) is 0 Å². The zero-order valence-corrected chi connectivity index (χ0v) is 13.1. The number of fused-ring (bicyclic) bond motifs is 1. The highest BCUT2D eigenvalue weighted by Gasteiger charge is 2.39. The van der Waals surface area contributed by atoms with Crippen molar-refractivity contribution in [2.75, 3.05) is 0 Å². The van der Waals surface area contributed by atoms with Gasteiger partial charge in [0.15, 0.2) is 0 Å². The summed E-state index contributed by atoms with van der Waals surface area (Å²) in [5, 5.41) is 0. The van der Waals surface area contributed by atoms with Crippen molar-refractivity contribution < 1.29 is 4.74 Å². The molecule has 1 heteroatoms. The summed E-state index contributed by atoms with van der Waals surface area (Å²) in [6, 6.07) is 0. The molecule has 0 N–H and O–H groups in total. The maximum absolute atomic E-state index is 6.37. The van der Waals surface area contributed by atoms with Crippen molar-refractivity contribution in [2.45, 2.75) is 73.0 Å². The Bertz CT molecular complexity index is 409. The monoisotopic (exact) mass is 248 g/mol. The molecule has 0 aromatic carbocycles. The summed E-state index contributed by atoms with van der Waals surface area (Å²) >= 11 is 0. The van der Waals surface area contributed by atoms with Gasteiger partial charge in [0, 0.05) is 5.92 Å². The van der Waals surface area contributed by atoms with Crippen molar-refractivity contribution in [2.24, 2.45) is 11.8 Å². The van der Waals surface area contributed by atoms with E-state index < -0.39 is 0 Å². The van der Waals surface area contributed by atoms with Crippen molar-refractivity contribution in [3.63, 3.8) is 0 Å². The number of allylic oxidation sites excluding steroid dienone is 2. The van der Waals surface area contributed by atoms with Gasteiger partial charge < -0.3 is 4.74 Å². The van der Waals surface area contributed by atoms with Crippen LogP contribution in [0.25, 0.3) is 0 Å². The summed E-state index contributed by atoms with van der Waals surface area (Å²) in [6.45, 7) is 16.0. The van der Waals surface area contributed by atoms with Crippen LogP contribution in [0, 0.1) is 11.8 Å². The fourth-order valence-corrected chi connectivity index (χ4v) is 3.69. The van der Waals surface area contributed by atoms with Gasteiger partial charge in [0.1, 0.15) is 0 Å².